The van der Waals surface area contributed by atoms with Crippen LogP contribution in [0.25, 0.3) is 0 Å². The van der Waals surface area contributed by atoms with Crippen LogP contribution in [0.4, 0.5) is 0 Å². The summed E-state index contributed by atoms with van der Waals surface area (Å²) in [5, 5.41) is 22.2. The van der Waals surface area contributed by atoms with E-state index < -0.39 is 28.1 Å². The van der Waals surface area contributed by atoms with E-state index in [9.17, 15) is 18.3 Å². The van der Waals surface area contributed by atoms with Gasteiger partial charge in [0, 0.05) is 26.2 Å². The second-order valence-corrected chi connectivity index (χ2v) is 6.06. The molecule has 0 saturated carbocycles. The summed E-state index contributed by atoms with van der Waals surface area (Å²) >= 11 is 0. The van der Waals surface area contributed by atoms with Crippen molar-refractivity contribution in [1.29, 1.82) is 0 Å². The van der Waals surface area contributed by atoms with E-state index in [-0.39, 0.29) is 17.9 Å². The van der Waals surface area contributed by atoms with Crippen molar-refractivity contribution in [2.24, 2.45) is 7.05 Å². The van der Waals surface area contributed by atoms with E-state index in [0.717, 1.165) is 10.5 Å². The van der Waals surface area contributed by atoms with Crippen LogP contribution in [0.1, 0.15) is 6.42 Å². The largest absolute Gasteiger partial charge is 0.480 e. The number of β-amino-alcohol motifs (C(OH)–C–C–N with tert-alkyl or cyclic N) is 1. The van der Waals surface area contributed by atoms with Gasteiger partial charge in [-0.2, -0.15) is 9.40 Å². The number of nitrogens with zero attached hydrogens (tertiary/aromatic N) is 3. The number of aliphatic hydroxyl groups excluding tert-OH is 1. The number of carboxylic acid groups (broad SMARTS) is 1. The predicted molar refractivity (Wildman–Crippen MR) is 59.1 cm³/mol. The Balaban J connectivity index is 2.38. The molecule has 9 heteroatoms. The molecule has 1 fully saturated rings. The number of aryl methyl sites for hydroxylation is 1. The van der Waals surface area contributed by atoms with Gasteiger partial charge in [-0.05, 0) is 0 Å². The smallest absolute Gasteiger partial charge is 0.322 e. The van der Waals surface area contributed by atoms with Crippen LogP contribution in [0, 0.1) is 0 Å². The average Bonchev–Trinajstić information content (AvgIpc) is 2.84. The quantitative estimate of drug-likeness (QED) is 0.703. The summed E-state index contributed by atoms with van der Waals surface area (Å²) in [6.45, 7) is -0.214. The summed E-state index contributed by atoms with van der Waals surface area (Å²) in [7, 11) is -2.37. The van der Waals surface area contributed by atoms with E-state index >= 15 is 0 Å². The molecule has 2 heterocycles. The van der Waals surface area contributed by atoms with Crippen molar-refractivity contribution in [1.82, 2.24) is 14.1 Å². The van der Waals surface area contributed by atoms with Gasteiger partial charge in [-0.15, -0.1) is 0 Å². The third-order valence-corrected chi connectivity index (χ3v) is 4.63. The second kappa shape index (κ2) is 4.34. The first-order chi connectivity index (χ1) is 8.32. The minimum Gasteiger partial charge on any atom is -0.480 e. The van der Waals surface area contributed by atoms with Gasteiger partial charge in [0.25, 0.3) is 0 Å². The molecule has 2 atom stereocenters. The molecule has 2 N–H and O–H groups in total. The van der Waals surface area contributed by atoms with Crippen molar-refractivity contribution in [3.63, 3.8) is 0 Å². The van der Waals surface area contributed by atoms with Crippen LogP contribution in [-0.2, 0) is 21.9 Å². The van der Waals surface area contributed by atoms with Gasteiger partial charge in [0.1, 0.15) is 10.9 Å². The molecule has 1 aromatic heterocycles. The third kappa shape index (κ3) is 2.11. The molecular weight excluding hydrogens is 262 g/mol. The molecule has 1 aliphatic rings. The molecule has 1 saturated heterocycles. The highest BCUT2D eigenvalue weighted by Gasteiger charge is 2.43. The van der Waals surface area contributed by atoms with Gasteiger partial charge >= 0.3 is 5.97 Å². The van der Waals surface area contributed by atoms with Gasteiger partial charge in [0.2, 0.25) is 10.0 Å². The molecule has 0 aromatic carbocycles. The minimum absolute atomic E-state index is 0.0784. The number of rotatable bonds is 3. The SMILES string of the molecule is Cn1cc(S(=O)(=O)N2CC(O)CC2C(=O)O)cn1. The topological polar surface area (TPSA) is 113 Å². The molecule has 0 aliphatic carbocycles. The number of carboxylic acids is 1. The fourth-order valence-electron chi connectivity index (χ4n) is 1.94. The molecule has 2 unspecified atom stereocenters. The first-order valence-electron chi connectivity index (χ1n) is 5.23. The third-order valence-electron chi connectivity index (χ3n) is 2.81. The summed E-state index contributed by atoms with van der Waals surface area (Å²) in [6, 6.07) is -1.23. The number of carbonyl (C=O) groups is 1. The first-order valence-corrected chi connectivity index (χ1v) is 6.67. The van der Waals surface area contributed by atoms with Crippen molar-refractivity contribution in [2.45, 2.75) is 23.5 Å². The predicted octanol–water partition coefficient (Wildman–Crippen LogP) is -1.37. The Morgan fingerprint density at radius 3 is 2.72 bits per heavy atom. The normalized spacial score (nSPS) is 25.4. The molecule has 1 aromatic rings. The summed E-state index contributed by atoms with van der Waals surface area (Å²) < 4.78 is 26.5. The Morgan fingerprint density at radius 1 is 1.56 bits per heavy atom. The van der Waals surface area contributed by atoms with Crippen molar-refractivity contribution >= 4 is 16.0 Å². The number of sulfonamides is 1. The number of hydrogen-bond acceptors (Lipinski definition) is 5. The highest BCUT2D eigenvalue weighted by Crippen LogP contribution is 2.26. The zero-order valence-electron chi connectivity index (χ0n) is 9.59. The van der Waals surface area contributed by atoms with E-state index in [0.29, 0.717) is 0 Å². The molecule has 1 aliphatic heterocycles. The number of aromatic nitrogens is 2. The minimum atomic E-state index is -3.94. The highest BCUT2D eigenvalue weighted by atomic mass is 32.2. The van der Waals surface area contributed by atoms with Gasteiger partial charge < -0.3 is 10.2 Å². The van der Waals surface area contributed by atoms with Crippen LogP contribution in [0.5, 0.6) is 0 Å². The van der Waals surface area contributed by atoms with Gasteiger partial charge in [-0.3, -0.25) is 9.48 Å². The molecule has 0 spiro atoms. The molecule has 0 bridgehead atoms. The van der Waals surface area contributed by atoms with Crippen LogP contribution in [0.15, 0.2) is 17.3 Å². The summed E-state index contributed by atoms with van der Waals surface area (Å²) in [5.41, 5.74) is 0. The Labute approximate surface area is 103 Å². The summed E-state index contributed by atoms with van der Waals surface area (Å²) in [5.74, 6) is -1.26. The van der Waals surface area contributed by atoms with Crippen LogP contribution < -0.4 is 0 Å². The Morgan fingerprint density at radius 2 is 2.22 bits per heavy atom. The molecule has 100 valence electrons. The summed E-state index contributed by atoms with van der Waals surface area (Å²) in [6.07, 6.45) is 1.38. The van der Waals surface area contributed by atoms with Gasteiger partial charge in [-0.1, -0.05) is 0 Å². The molecule has 0 radical (unpaired) electrons. The van der Waals surface area contributed by atoms with Gasteiger partial charge in [0.15, 0.2) is 0 Å². The van der Waals surface area contributed by atoms with Crippen molar-refractivity contribution in [2.75, 3.05) is 6.54 Å². The highest BCUT2D eigenvalue weighted by molar-refractivity contribution is 7.89. The lowest BCUT2D eigenvalue weighted by Gasteiger charge is -2.19. The van der Waals surface area contributed by atoms with Crippen molar-refractivity contribution in [3.05, 3.63) is 12.4 Å². The molecule has 0 amide bonds. The van der Waals surface area contributed by atoms with E-state index in [2.05, 4.69) is 5.10 Å². The maximum absolute atomic E-state index is 12.2. The van der Waals surface area contributed by atoms with E-state index in [1.54, 1.807) is 7.05 Å². The Hall–Kier alpha value is -1.45. The number of aliphatic hydroxyl groups is 1. The number of hydrogen-bond donors (Lipinski definition) is 2. The zero-order chi connectivity index (χ0) is 13.5. The second-order valence-electron chi connectivity index (χ2n) is 4.17. The molecular formula is C9H13N3O5S. The maximum atomic E-state index is 12.2. The lowest BCUT2D eigenvalue weighted by molar-refractivity contribution is -0.140. The van der Waals surface area contributed by atoms with Crippen LogP contribution in [-0.4, -0.2) is 57.4 Å². The lowest BCUT2D eigenvalue weighted by atomic mass is 10.2. The fourth-order valence-corrected chi connectivity index (χ4v) is 3.56. The fraction of sp³-hybridized carbons (Fsp3) is 0.556. The first kappa shape index (κ1) is 13.0. The van der Waals surface area contributed by atoms with E-state index in [1.807, 2.05) is 0 Å². The van der Waals surface area contributed by atoms with Crippen LogP contribution in [0.3, 0.4) is 0 Å². The number of aliphatic carboxylic acids is 1. The van der Waals surface area contributed by atoms with Crippen molar-refractivity contribution in [3.8, 4) is 0 Å². The summed E-state index contributed by atoms with van der Waals surface area (Å²) in [4.78, 5) is 10.9. The zero-order valence-corrected chi connectivity index (χ0v) is 10.4. The van der Waals surface area contributed by atoms with Gasteiger partial charge in [0.05, 0.1) is 12.3 Å². The standard InChI is InChI=1S/C9H13N3O5S/c1-11-5-7(3-10-11)18(16,17)12-4-6(13)2-8(12)9(14)15/h3,5-6,8,13H,2,4H2,1H3,(H,14,15). The molecule has 8 nitrogen and oxygen atoms in total. The Bertz CT molecular complexity index is 567. The molecule has 18 heavy (non-hydrogen) atoms. The van der Waals surface area contributed by atoms with E-state index in [4.69, 9.17) is 5.11 Å². The van der Waals surface area contributed by atoms with Crippen molar-refractivity contribution < 1.29 is 23.4 Å². The van der Waals surface area contributed by atoms with Crippen LogP contribution >= 0.6 is 0 Å². The lowest BCUT2D eigenvalue weighted by Crippen LogP contribution is -2.40. The van der Waals surface area contributed by atoms with E-state index in [1.165, 1.54) is 10.9 Å². The molecule has 2 rings (SSSR count). The van der Waals surface area contributed by atoms with Crippen LogP contribution in [0.2, 0.25) is 0 Å². The average molecular weight is 275 g/mol. The van der Waals surface area contributed by atoms with Gasteiger partial charge in [-0.25, -0.2) is 8.42 Å². The Kier molecular flexibility index (Phi) is 3.13. The maximum Gasteiger partial charge on any atom is 0.322 e. The monoisotopic (exact) mass is 275 g/mol.